The summed E-state index contributed by atoms with van der Waals surface area (Å²) in [7, 11) is 0. The van der Waals surface area contributed by atoms with Crippen LogP contribution in [0.3, 0.4) is 0 Å². The van der Waals surface area contributed by atoms with Gasteiger partial charge in [0, 0.05) is 5.56 Å². The summed E-state index contributed by atoms with van der Waals surface area (Å²) in [5.41, 5.74) is 0.446. The second kappa shape index (κ2) is 3.61. The highest BCUT2D eigenvalue weighted by atomic mass is 16.4. The first-order valence-electron chi connectivity index (χ1n) is 4.59. The van der Waals surface area contributed by atoms with E-state index in [4.69, 9.17) is 5.11 Å². The molecular formula is C12H10O3. The zero-order valence-electron chi connectivity index (χ0n) is 7.97. The Morgan fingerprint density at radius 1 is 1.13 bits per heavy atom. The lowest BCUT2D eigenvalue weighted by molar-refractivity contribution is -0.136. The lowest BCUT2D eigenvalue weighted by Gasteiger charge is -2.04. The van der Waals surface area contributed by atoms with E-state index in [1.165, 1.54) is 0 Å². The van der Waals surface area contributed by atoms with Crippen LogP contribution in [0.1, 0.15) is 5.56 Å². The second-order valence-electron chi connectivity index (χ2n) is 3.40. The Morgan fingerprint density at radius 2 is 1.73 bits per heavy atom. The molecule has 2 N–H and O–H groups in total. The van der Waals surface area contributed by atoms with Crippen molar-refractivity contribution in [2.45, 2.75) is 6.42 Å². The maximum Gasteiger partial charge on any atom is 0.307 e. The van der Waals surface area contributed by atoms with Gasteiger partial charge in [-0.15, -0.1) is 0 Å². The van der Waals surface area contributed by atoms with E-state index in [-0.39, 0.29) is 12.2 Å². The molecule has 0 heterocycles. The van der Waals surface area contributed by atoms with E-state index in [2.05, 4.69) is 0 Å². The molecule has 2 rings (SSSR count). The van der Waals surface area contributed by atoms with Gasteiger partial charge in [0.2, 0.25) is 0 Å². The lowest BCUT2D eigenvalue weighted by Crippen LogP contribution is -2.00. The van der Waals surface area contributed by atoms with Gasteiger partial charge in [-0.25, -0.2) is 0 Å². The molecule has 2 aromatic carbocycles. The van der Waals surface area contributed by atoms with Crippen LogP contribution in [0.4, 0.5) is 0 Å². The minimum Gasteiger partial charge on any atom is -0.508 e. The summed E-state index contributed by atoms with van der Waals surface area (Å²) in [6, 6.07) is 10.8. The number of carbonyl (C=O) groups is 1. The molecule has 0 aromatic heterocycles. The molecule has 2 aromatic rings. The van der Waals surface area contributed by atoms with Crippen molar-refractivity contribution in [2.75, 3.05) is 0 Å². The van der Waals surface area contributed by atoms with E-state index in [9.17, 15) is 9.90 Å². The van der Waals surface area contributed by atoms with Crippen LogP contribution in [-0.2, 0) is 11.2 Å². The zero-order valence-corrected chi connectivity index (χ0v) is 7.97. The SMILES string of the molecule is O=C(O)Cc1cc2ccccc2cc1O. The third kappa shape index (κ3) is 1.91. The Labute approximate surface area is 86.6 Å². The van der Waals surface area contributed by atoms with E-state index < -0.39 is 5.97 Å². The minimum absolute atomic E-state index is 0.0381. The predicted molar refractivity (Wildman–Crippen MR) is 57.0 cm³/mol. The highest BCUT2D eigenvalue weighted by Gasteiger charge is 2.07. The van der Waals surface area contributed by atoms with Gasteiger partial charge in [-0.2, -0.15) is 0 Å². The third-order valence-electron chi connectivity index (χ3n) is 2.29. The number of hydrogen-bond acceptors (Lipinski definition) is 2. The summed E-state index contributed by atoms with van der Waals surface area (Å²) >= 11 is 0. The Bertz CT molecular complexity index is 517. The van der Waals surface area contributed by atoms with Gasteiger partial charge in [0.25, 0.3) is 0 Å². The Balaban J connectivity index is 2.56. The molecule has 3 nitrogen and oxygen atoms in total. The van der Waals surface area contributed by atoms with Gasteiger partial charge in [-0.05, 0) is 22.9 Å². The molecule has 0 radical (unpaired) electrons. The molecule has 0 amide bonds. The summed E-state index contributed by atoms with van der Waals surface area (Å²) in [6.07, 6.45) is -0.156. The largest absolute Gasteiger partial charge is 0.508 e. The number of fused-ring (bicyclic) bond motifs is 1. The average molecular weight is 202 g/mol. The number of hydrogen-bond donors (Lipinski definition) is 2. The average Bonchev–Trinajstić information content (AvgIpc) is 2.18. The lowest BCUT2D eigenvalue weighted by atomic mass is 10.0. The number of phenolic OH excluding ortho intramolecular Hbond substituents is 1. The fourth-order valence-corrected chi connectivity index (χ4v) is 1.58. The van der Waals surface area contributed by atoms with Crippen molar-refractivity contribution in [3.8, 4) is 5.75 Å². The molecule has 0 saturated heterocycles. The van der Waals surface area contributed by atoms with Gasteiger partial charge in [-0.1, -0.05) is 24.3 Å². The molecule has 0 saturated carbocycles. The monoisotopic (exact) mass is 202 g/mol. The Kier molecular flexibility index (Phi) is 2.29. The summed E-state index contributed by atoms with van der Waals surface area (Å²) in [4.78, 5) is 10.5. The van der Waals surface area contributed by atoms with Crippen LogP contribution in [0.25, 0.3) is 10.8 Å². The van der Waals surface area contributed by atoms with Gasteiger partial charge in [-0.3, -0.25) is 4.79 Å². The van der Waals surface area contributed by atoms with Crippen LogP contribution in [0.2, 0.25) is 0 Å². The highest BCUT2D eigenvalue weighted by Crippen LogP contribution is 2.25. The number of carboxylic acid groups (broad SMARTS) is 1. The third-order valence-corrected chi connectivity index (χ3v) is 2.29. The molecule has 15 heavy (non-hydrogen) atoms. The van der Waals surface area contributed by atoms with Crippen LogP contribution >= 0.6 is 0 Å². The standard InChI is InChI=1S/C12H10O3/c13-11-6-9-4-2-1-3-8(9)5-10(11)7-12(14)15/h1-6,13H,7H2,(H,14,15). The molecule has 0 aliphatic heterocycles. The predicted octanol–water partition coefficient (Wildman–Crippen LogP) is 2.17. The summed E-state index contributed by atoms with van der Waals surface area (Å²) < 4.78 is 0. The van der Waals surface area contributed by atoms with Crippen molar-refractivity contribution in [3.05, 3.63) is 42.0 Å². The molecule has 0 bridgehead atoms. The smallest absolute Gasteiger partial charge is 0.307 e. The minimum atomic E-state index is -0.944. The van der Waals surface area contributed by atoms with E-state index in [1.807, 2.05) is 24.3 Å². The first-order valence-corrected chi connectivity index (χ1v) is 4.59. The van der Waals surface area contributed by atoms with Crippen LogP contribution < -0.4 is 0 Å². The topological polar surface area (TPSA) is 57.5 Å². The first-order chi connectivity index (χ1) is 7.16. The normalized spacial score (nSPS) is 10.4. The van der Waals surface area contributed by atoms with Gasteiger partial charge in [0.15, 0.2) is 0 Å². The Hall–Kier alpha value is -2.03. The van der Waals surface area contributed by atoms with Crippen LogP contribution in [-0.4, -0.2) is 16.2 Å². The molecule has 0 unspecified atom stereocenters. The molecule has 0 atom stereocenters. The van der Waals surface area contributed by atoms with Crippen LogP contribution in [0, 0.1) is 0 Å². The fraction of sp³-hybridized carbons (Fsp3) is 0.0833. The highest BCUT2D eigenvalue weighted by molar-refractivity contribution is 5.86. The summed E-state index contributed by atoms with van der Waals surface area (Å²) in [5.74, 6) is -0.906. The number of aromatic hydroxyl groups is 1. The molecule has 3 heteroatoms. The molecular weight excluding hydrogens is 192 g/mol. The van der Waals surface area contributed by atoms with E-state index in [1.54, 1.807) is 12.1 Å². The number of aliphatic carboxylic acids is 1. The maximum absolute atomic E-state index is 10.5. The summed E-state index contributed by atoms with van der Waals surface area (Å²) in [6.45, 7) is 0. The van der Waals surface area contributed by atoms with Crippen molar-refractivity contribution < 1.29 is 15.0 Å². The quantitative estimate of drug-likeness (QED) is 0.784. The number of phenols is 1. The zero-order chi connectivity index (χ0) is 10.8. The van der Waals surface area contributed by atoms with Crippen molar-refractivity contribution in [1.29, 1.82) is 0 Å². The molecule has 0 spiro atoms. The van der Waals surface area contributed by atoms with Gasteiger partial charge < -0.3 is 10.2 Å². The number of rotatable bonds is 2. The number of carboxylic acids is 1. The van der Waals surface area contributed by atoms with Crippen molar-refractivity contribution in [1.82, 2.24) is 0 Å². The Morgan fingerprint density at radius 3 is 2.33 bits per heavy atom. The van der Waals surface area contributed by atoms with E-state index >= 15 is 0 Å². The fourth-order valence-electron chi connectivity index (χ4n) is 1.58. The van der Waals surface area contributed by atoms with Crippen molar-refractivity contribution in [3.63, 3.8) is 0 Å². The number of benzene rings is 2. The molecule has 76 valence electrons. The summed E-state index contributed by atoms with van der Waals surface area (Å²) in [5, 5.41) is 20.1. The molecule has 0 fully saturated rings. The molecule has 0 aliphatic carbocycles. The van der Waals surface area contributed by atoms with Crippen molar-refractivity contribution >= 4 is 16.7 Å². The first kappa shape index (κ1) is 9.52. The second-order valence-corrected chi connectivity index (χ2v) is 3.40. The van der Waals surface area contributed by atoms with Gasteiger partial charge >= 0.3 is 5.97 Å². The van der Waals surface area contributed by atoms with Crippen LogP contribution in [0.15, 0.2) is 36.4 Å². The van der Waals surface area contributed by atoms with Gasteiger partial charge in [0.05, 0.1) is 6.42 Å². The van der Waals surface area contributed by atoms with Crippen LogP contribution in [0.5, 0.6) is 5.75 Å². The van der Waals surface area contributed by atoms with E-state index in [0.717, 1.165) is 10.8 Å². The van der Waals surface area contributed by atoms with Crippen molar-refractivity contribution in [2.24, 2.45) is 0 Å². The maximum atomic E-state index is 10.5. The van der Waals surface area contributed by atoms with E-state index in [0.29, 0.717) is 5.56 Å². The molecule has 0 aliphatic rings. The van der Waals surface area contributed by atoms with Gasteiger partial charge in [0.1, 0.15) is 5.75 Å².